The van der Waals surface area contributed by atoms with E-state index in [-0.39, 0.29) is 35.7 Å². The van der Waals surface area contributed by atoms with Crippen molar-refractivity contribution in [3.8, 4) is 5.75 Å². The second kappa shape index (κ2) is 10.4. The van der Waals surface area contributed by atoms with E-state index in [4.69, 9.17) is 4.74 Å². The maximum Gasteiger partial charge on any atom is 0.247 e. The second-order valence-corrected chi connectivity index (χ2v) is 8.98. The number of nitrogens with one attached hydrogen (secondary N) is 1. The van der Waals surface area contributed by atoms with Gasteiger partial charge < -0.3 is 10.1 Å². The normalized spacial score (nSPS) is 12.6. The van der Waals surface area contributed by atoms with Gasteiger partial charge in [-0.1, -0.05) is 43.3 Å². The van der Waals surface area contributed by atoms with E-state index < -0.39 is 10.0 Å². The minimum atomic E-state index is -3.86. The maximum absolute atomic E-state index is 13.1. The monoisotopic (exact) mass is 418 g/mol. The van der Waals surface area contributed by atoms with Crippen molar-refractivity contribution in [2.24, 2.45) is 0 Å². The van der Waals surface area contributed by atoms with Crippen LogP contribution < -0.4 is 10.1 Å². The van der Waals surface area contributed by atoms with Crippen LogP contribution in [0.25, 0.3) is 0 Å². The van der Waals surface area contributed by atoms with Gasteiger partial charge in [-0.05, 0) is 49.9 Å². The Balaban J connectivity index is 2.02. The highest BCUT2D eigenvalue weighted by Gasteiger charge is 2.28. The summed E-state index contributed by atoms with van der Waals surface area (Å²) in [5.41, 5.74) is 2.01. The van der Waals surface area contributed by atoms with Gasteiger partial charge in [0.05, 0.1) is 13.7 Å². The van der Waals surface area contributed by atoms with Crippen LogP contribution in [0.1, 0.15) is 31.4 Å². The van der Waals surface area contributed by atoms with E-state index in [0.717, 1.165) is 18.4 Å². The van der Waals surface area contributed by atoms with Crippen molar-refractivity contribution in [3.63, 3.8) is 0 Å². The number of amides is 1. The fourth-order valence-corrected chi connectivity index (χ4v) is 4.72. The van der Waals surface area contributed by atoms with Gasteiger partial charge in [0.2, 0.25) is 15.9 Å². The van der Waals surface area contributed by atoms with Gasteiger partial charge >= 0.3 is 0 Å². The Bertz CT molecular complexity index is 914. The molecule has 0 aliphatic rings. The van der Waals surface area contributed by atoms with Crippen LogP contribution >= 0.6 is 0 Å². The molecule has 0 unspecified atom stereocenters. The zero-order valence-electron chi connectivity index (χ0n) is 17.5. The largest absolute Gasteiger partial charge is 0.495 e. The number of carbonyl (C=O) groups excluding carboxylic acids is 1. The van der Waals surface area contributed by atoms with E-state index in [1.165, 1.54) is 17.0 Å². The van der Waals surface area contributed by atoms with Crippen LogP contribution in [0.2, 0.25) is 0 Å². The van der Waals surface area contributed by atoms with Crippen LogP contribution in [0.15, 0.2) is 53.4 Å². The number of hydrogen-bond acceptors (Lipinski definition) is 4. The Morgan fingerprint density at radius 1 is 1.17 bits per heavy atom. The molecule has 0 aliphatic carbocycles. The Labute approximate surface area is 173 Å². The lowest BCUT2D eigenvalue weighted by Crippen LogP contribution is -2.43. The third-order valence-electron chi connectivity index (χ3n) is 4.73. The van der Waals surface area contributed by atoms with Gasteiger partial charge in [-0.3, -0.25) is 4.79 Å². The Hall–Kier alpha value is -2.38. The molecule has 2 aromatic carbocycles. The lowest BCUT2D eigenvalue weighted by Gasteiger charge is -2.23. The fraction of sp³-hybridized carbons (Fsp3) is 0.409. The number of carbonyl (C=O) groups is 1. The van der Waals surface area contributed by atoms with Crippen molar-refractivity contribution >= 4 is 15.9 Å². The smallest absolute Gasteiger partial charge is 0.247 e. The number of ether oxygens (including phenoxy) is 1. The molecule has 0 spiro atoms. The SMILES string of the molecule is CCN(CC(=O)N[C@@H](C)CCc1ccccc1)S(=O)(=O)c1cc(C)ccc1OC. The number of rotatable bonds is 10. The highest BCUT2D eigenvalue weighted by atomic mass is 32.2. The summed E-state index contributed by atoms with van der Waals surface area (Å²) in [4.78, 5) is 12.6. The molecule has 158 valence electrons. The van der Waals surface area contributed by atoms with Crippen molar-refractivity contribution in [2.45, 2.75) is 44.6 Å². The summed E-state index contributed by atoms with van der Waals surface area (Å²) < 4.78 is 32.6. The topological polar surface area (TPSA) is 75.7 Å². The molecule has 1 N–H and O–H groups in total. The summed E-state index contributed by atoms with van der Waals surface area (Å²) in [6.07, 6.45) is 1.62. The predicted molar refractivity (Wildman–Crippen MR) is 115 cm³/mol. The van der Waals surface area contributed by atoms with Gasteiger partial charge in [-0.2, -0.15) is 4.31 Å². The average molecular weight is 419 g/mol. The van der Waals surface area contributed by atoms with E-state index >= 15 is 0 Å². The quantitative estimate of drug-likeness (QED) is 0.643. The van der Waals surface area contributed by atoms with E-state index in [2.05, 4.69) is 17.4 Å². The number of aryl methyl sites for hydroxylation is 2. The first kappa shape index (κ1) is 22.9. The Kier molecular flexibility index (Phi) is 8.22. The van der Waals surface area contributed by atoms with Gasteiger partial charge in [0.25, 0.3) is 0 Å². The highest BCUT2D eigenvalue weighted by molar-refractivity contribution is 7.89. The minimum absolute atomic E-state index is 0.0578. The van der Waals surface area contributed by atoms with Gasteiger partial charge in [0.1, 0.15) is 10.6 Å². The van der Waals surface area contributed by atoms with Gasteiger partial charge in [-0.25, -0.2) is 8.42 Å². The maximum atomic E-state index is 13.1. The molecule has 0 aliphatic heterocycles. The van der Waals surface area contributed by atoms with Crippen LogP contribution in [0.4, 0.5) is 0 Å². The molecule has 2 aromatic rings. The van der Waals surface area contributed by atoms with Gasteiger partial charge in [0.15, 0.2) is 0 Å². The third kappa shape index (κ3) is 6.30. The van der Waals surface area contributed by atoms with Crippen LogP contribution in [0, 0.1) is 6.92 Å². The van der Waals surface area contributed by atoms with Crippen molar-refractivity contribution in [3.05, 3.63) is 59.7 Å². The molecule has 0 heterocycles. The van der Waals surface area contributed by atoms with Gasteiger partial charge in [0, 0.05) is 12.6 Å². The lowest BCUT2D eigenvalue weighted by atomic mass is 10.1. The van der Waals surface area contributed by atoms with Crippen molar-refractivity contribution in [1.29, 1.82) is 0 Å². The first-order valence-electron chi connectivity index (χ1n) is 9.76. The Morgan fingerprint density at radius 3 is 2.48 bits per heavy atom. The number of hydrogen-bond donors (Lipinski definition) is 1. The molecule has 0 aromatic heterocycles. The molecule has 0 fully saturated rings. The molecule has 6 nitrogen and oxygen atoms in total. The zero-order chi connectivity index (χ0) is 21.4. The molecule has 7 heteroatoms. The Morgan fingerprint density at radius 2 is 1.86 bits per heavy atom. The van der Waals surface area contributed by atoms with E-state index in [1.54, 1.807) is 25.1 Å². The standard InChI is InChI=1S/C22H30N2O4S/c1-5-24(29(26,27)21-15-17(2)11-14-20(21)28-4)16-22(25)23-18(3)12-13-19-9-7-6-8-10-19/h6-11,14-15,18H,5,12-13,16H2,1-4H3,(H,23,25)/t18-/m0/s1. The summed E-state index contributed by atoms with van der Waals surface area (Å²) in [6.45, 7) is 5.41. The summed E-state index contributed by atoms with van der Waals surface area (Å²) >= 11 is 0. The van der Waals surface area contributed by atoms with E-state index in [9.17, 15) is 13.2 Å². The molecule has 1 amide bonds. The summed E-state index contributed by atoms with van der Waals surface area (Å²) in [5.74, 6) is -0.0479. The fourth-order valence-electron chi connectivity index (χ4n) is 3.07. The van der Waals surface area contributed by atoms with E-state index in [0.29, 0.717) is 0 Å². The average Bonchev–Trinajstić information content (AvgIpc) is 2.71. The highest BCUT2D eigenvalue weighted by Crippen LogP contribution is 2.27. The van der Waals surface area contributed by atoms with Crippen LogP contribution in [-0.4, -0.2) is 44.9 Å². The van der Waals surface area contributed by atoms with Crippen LogP contribution in [0.5, 0.6) is 5.75 Å². The van der Waals surface area contributed by atoms with Gasteiger partial charge in [-0.15, -0.1) is 0 Å². The number of nitrogens with zero attached hydrogens (tertiary/aromatic N) is 1. The molecule has 0 radical (unpaired) electrons. The summed E-state index contributed by atoms with van der Waals surface area (Å²) in [5, 5.41) is 2.90. The van der Waals surface area contributed by atoms with Crippen molar-refractivity contribution < 1.29 is 17.9 Å². The second-order valence-electron chi connectivity index (χ2n) is 7.08. The molecule has 0 saturated heterocycles. The molecular formula is C22H30N2O4S. The van der Waals surface area contributed by atoms with Crippen LogP contribution in [-0.2, 0) is 21.2 Å². The molecule has 0 bridgehead atoms. The van der Waals surface area contributed by atoms with Crippen molar-refractivity contribution in [1.82, 2.24) is 9.62 Å². The minimum Gasteiger partial charge on any atom is -0.495 e. The molecule has 2 rings (SSSR count). The summed E-state index contributed by atoms with van der Waals surface area (Å²) in [7, 11) is -2.42. The zero-order valence-corrected chi connectivity index (χ0v) is 18.3. The predicted octanol–water partition coefficient (Wildman–Crippen LogP) is 3.15. The van der Waals surface area contributed by atoms with Crippen LogP contribution in [0.3, 0.4) is 0 Å². The number of likely N-dealkylation sites (N-methyl/N-ethyl adjacent to an activating group) is 1. The lowest BCUT2D eigenvalue weighted by molar-refractivity contribution is -0.121. The van der Waals surface area contributed by atoms with Crippen molar-refractivity contribution in [2.75, 3.05) is 20.2 Å². The number of methoxy groups -OCH3 is 1. The molecule has 29 heavy (non-hydrogen) atoms. The summed E-state index contributed by atoms with van der Waals surface area (Å²) in [6, 6.07) is 15.0. The number of benzene rings is 2. The molecular weight excluding hydrogens is 388 g/mol. The molecule has 1 atom stereocenters. The van der Waals surface area contributed by atoms with E-state index in [1.807, 2.05) is 32.0 Å². The number of sulfonamides is 1. The first-order chi connectivity index (χ1) is 13.8. The third-order valence-corrected chi connectivity index (χ3v) is 6.67. The molecule has 0 saturated carbocycles. The first-order valence-corrected chi connectivity index (χ1v) is 11.2.